The minimum absolute atomic E-state index is 0.263. The monoisotopic (exact) mass is 291 g/mol. The number of hydrogen-bond donors (Lipinski definition) is 1. The normalized spacial score (nSPS) is 17.3. The van der Waals surface area contributed by atoms with Crippen molar-refractivity contribution in [1.29, 1.82) is 0 Å². The number of fused-ring (bicyclic) bond motifs is 1. The number of hydrogen-bond acceptors (Lipinski definition) is 6. The van der Waals surface area contributed by atoms with Crippen LogP contribution in [0.1, 0.15) is 6.42 Å². The Balaban J connectivity index is 1.78. The lowest BCUT2D eigenvalue weighted by Crippen LogP contribution is -2.36. The third kappa shape index (κ3) is 2.73. The highest BCUT2D eigenvalue weighted by molar-refractivity contribution is 7.16. The zero-order valence-corrected chi connectivity index (χ0v) is 12.0. The molecule has 0 unspecified atom stereocenters. The fourth-order valence-electron chi connectivity index (χ4n) is 2.59. The van der Waals surface area contributed by atoms with Crippen LogP contribution in [0, 0.1) is 0 Å². The van der Waals surface area contributed by atoms with Gasteiger partial charge < -0.3 is 10.6 Å². The van der Waals surface area contributed by atoms with E-state index in [4.69, 9.17) is 5.73 Å². The average Bonchev–Trinajstić information content (AvgIpc) is 2.79. The Bertz CT molecular complexity index is 614. The number of rotatable bonds is 3. The molecule has 2 aromatic rings. The number of carbonyl (C=O) groups excluding carboxylic acids is 1. The number of primary amides is 1. The smallest absolute Gasteiger partial charge is 0.231 e. The van der Waals surface area contributed by atoms with Crippen LogP contribution in [-0.4, -0.2) is 53.5 Å². The molecule has 2 N–H and O–H groups in total. The maximum Gasteiger partial charge on any atom is 0.231 e. The molecule has 0 bridgehead atoms. The number of thiophene rings is 1. The fraction of sp³-hybridized carbons (Fsp3) is 0.462. The van der Waals surface area contributed by atoms with Crippen molar-refractivity contribution < 1.29 is 4.79 Å². The van der Waals surface area contributed by atoms with Crippen molar-refractivity contribution in [1.82, 2.24) is 14.9 Å². The van der Waals surface area contributed by atoms with Crippen LogP contribution in [-0.2, 0) is 4.79 Å². The molecule has 0 aromatic carbocycles. The van der Waals surface area contributed by atoms with Gasteiger partial charge in [-0.15, -0.1) is 11.3 Å². The molecular formula is C13H17N5OS. The maximum atomic E-state index is 11.0. The zero-order chi connectivity index (χ0) is 13.9. The van der Waals surface area contributed by atoms with Gasteiger partial charge in [0.05, 0.1) is 11.9 Å². The van der Waals surface area contributed by atoms with E-state index in [1.807, 2.05) is 5.38 Å². The molecule has 0 radical (unpaired) electrons. The molecule has 1 saturated heterocycles. The highest BCUT2D eigenvalue weighted by atomic mass is 32.1. The van der Waals surface area contributed by atoms with Crippen molar-refractivity contribution in [3.8, 4) is 0 Å². The second kappa shape index (κ2) is 5.72. The van der Waals surface area contributed by atoms with Crippen molar-refractivity contribution in [3.63, 3.8) is 0 Å². The predicted molar refractivity (Wildman–Crippen MR) is 79.9 cm³/mol. The topological polar surface area (TPSA) is 75.4 Å². The molecule has 3 heterocycles. The molecule has 2 aromatic heterocycles. The van der Waals surface area contributed by atoms with E-state index in [1.165, 1.54) is 0 Å². The fourth-order valence-corrected chi connectivity index (χ4v) is 3.32. The number of carbonyl (C=O) groups is 1. The Morgan fingerprint density at radius 3 is 3.05 bits per heavy atom. The first-order chi connectivity index (χ1) is 9.74. The second-order valence-electron chi connectivity index (χ2n) is 4.92. The van der Waals surface area contributed by atoms with E-state index >= 15 is 0 Å². The number of aromatic nitrogens is 2. The van der Waals surface area contributed by atoms with E-state index in [9.17, 15) is 4.79 Å². The zero-order valence-electron chi connectivity index (χ0n) is 11.2. The van der Waals surface area contributed by atoms with Gasteiger partial charge in [-0.1, -0.05) is 0 Å². The van der Waals surface area contributed by atoms with Crippen molar-refractivity contribution in [2.24, 2.45) is 5.73 Å². The number of nitrogens with zero attached hydrogens (tertiary/aromatic N) is 4. The van der Waals surface area contributed by atoms with E-state index < -0.39 is 0 Å². The van der Waals surface area contributed by atoms with Crippen molar-refractivity contribution in [3.05, 3.63) is 17.8 Å². The summed E-state index contributed by atoms with van der Waals surface area (Å²) in [6.45, 7) is 3.87. The molecule has 1 amide bonds. The van der Waals surface area contributed by atoms with Gasteiger partial charge in [0.1, 0.15) is 17.0 Å². The Morgan fingerprint density at radius 1 is 1.30 bits per heavy atom. The van der Waals surface area contributed by atoms with Crippen LogP contribution in [0.4, 0.5) is 5.82 Å². The van der Waals surface area contributed by atoms with Gasteiger partial charge >= 0.3 is 0 Å². The summed E-state index contributed by atoms with van der Waals surface area (Å²) in [5.41, 5.74) is 5.27. The van der Waals surface area contributed by atoms with Crippen LogP contribution in [0.25, 0.3) is 10.2 Å². The summed E-state index contributed by atoms with van der Waals surface area (Å²) in [6, 6.07) is 2.07. The lowest BCUT2D eigenvalue weighted by atomic mass is 10.3. The summed E-state index contributed by atoms with van der Waals surface area (Å²) in [6.07, 6.45) is 2.63. The molecular weight excluding hydrogens is 274 g/mol. The summed E-state index contributed by atoms with van der Waals surface area (Å²) >= 11 is 1.63. The van der Waals surface area contributed by atoms with Crippen molar-refractivity contribution >= 4 is 33.3 Å². The Labute approximate surface area is 121 Å². The molecule has 6 nitrogen and oxygen atoms in total. The third-order valence-electron chi connectivity index (χ3n) is 3.51. The van der Waals surface area contributed by atoms with Gasteiger partial charge in [-0.25, -0.2) is 9.97 Å². The lowest BCUT2D eigenvalue weighted by molar-refractivity contribution is -0.119. The van der Waals surface area contributed by atoms with E-state index in [-0.39, 0.29) is 5.91 Å². The predicted octanol–water partition coefficient (Wildman–Crippen LogP) is 0.689. The first-order valence-electron chi connectivity index (χ1n) is 6.68. The first kappa shape index (κ1) is 13.3. The summed E-state index contributed by atoms with van der Waals surface area (Å²) in [4.78, 5) is 25.1. The maximum absolute atomic E-state index is 11.0. The van der Waals surface area contributed by atoms with Gasteiger partial charge in [-0.2, -0.15) is 0 Å². The van der Waals surface area contributed by atoms with E-state index in [0.717, 1.165) is 48.6 Å². The lowest BCUT2D eigenvalue weighted by Gasteiger charge is -2.22. The largest absolute Gasteiger partial charge is 0.369 e. The van der Waals surface area contributed by atoms with Crippen LogP contribution in [0.15, 0.2) is 17.8 Å². The van der Waals surface area contributed by atoms with Crippen LogP contribution < -0.4 is 10.6 Å². The minimum Gasteiger partial charge on any atom is -0.369 e. The van der Waals surface area contributed by atoms with Crippen LogP contribution in [0.3, 0.4) is 0 Å². The summed E-state index contributed by atoms with van der Waals surface area (Å²) < 4.78 is 0. The van der Waals surface area contributed by atoms with Crippen LogP contribution >= 0.6 is 11.3 Å². The molecule has 1 aliphatic heterocycles. The molecule has 0 aliphatic carbocycles. The Morgan fingerprint density at radius 2 is 2.20 bits per heavy atom. The van der Waals surface area contributed by atoms with Gasteiger partial charge in [0.25, 0.3) is 0 Å². The quantitative estimate of drug-likeness (QED) is 0.900. The highest BCUT2D eigenvalue weighted by Crippen LogP contribution is 2.27. The summed E-state index contributed by atoms with van der Waals surface area (Å²) in [5.74, 6) is 0.734. The van der Waals surface area contributed by atoms with Gasteiger partial charge in [0.15, 0.2) is 0 Å². The first-order valence-corrected chi connectivity index (χ1v) is 7.56. The highest BCUT2D eigenvalue weighted by Gasteiger charge is 2.19. The average molecular weight is 291 g/mol. The SMILES string of the molecule is NC(=O)CN1CCCN(c2ncnc3sccc23)CC1. The van der Waals surface area contributed by atoms with Gasteiger partial charge in [0.2, 0.25) is 5.91 Å². The van der Waals surface area contributed by atoms with Crippen LogP contribution in [0.2, 0.25) is 0 Å². The molecule has 106 valence electrons. The van der Waals surface area contributed by atoms with Gasteiger partial charge in [0, 0.05) is 26.2 Å². The molecule has 1 aliphatic rings. The Hall–Kier alpha value is -1.73. The van der Waals surface area contributed by atoms with E-state index in [1.54, 1.807) is 17.7 Å². The van der Waals surface area contributed by atoms with Crippen LogP contribution in [0.5, 0.6) is 0 Å². The molecule has 7 heteroatoms. The number of nitrogens with two attached hydrogens (primary N) is 1. The molecule has 0 atom stereocenters. The summed E-state index contributed by atoms with van der Waals surface area (Å²) in [5, 5.41) is 3.15. The molecule has 20 heavy (non-hydrogen) atoms. The van der Waals surface area contributed by atoms with Crippen molar-refractivity contribution in [2.45, 2.75) is 6.42 Å². The number of amides is 1. The van der Waals surface area contributed by atoms with E-state index in [2.05, 4.69) is 25.8 Å². The Kier molecular flexibility index (Phi) is 3.79. The second-order valence-corrected chi connectivity index (χ2v) is 5.81. The van der Waals surface area contributed by atoms with Gasteiger partial charge in [-0.05, 0) is 17.9 Å². The van der Waals surface area contributed by atoms with Crippen molar-refractivity contribution in [2.75, 3.05) is 37.6 Å². The molecule has 0 spiro atoms. The molecule has 3 rings (SSSR count). The third-order valence-corrected chi connectivity index (χ3v) is 4.33. The molecule has 1 fully saturated rings. The van der Waals surface area contributed by atoms with Gasteiger partial charge in [-0.3, -0.25) is 9.69 Å². The number of anilines is 1. The summed E-state index contributed by atoms with van der Waals surface area (Å²) in [7, 11) is 0. The van der Waals surface area contributed by atoms with E-state index in [0.29, 0.717) is 6.54 Å². The standard InChI is InChI=1S/C13H17N5OS/c14-11(19)8-17-3-1-4-18(6-5-17)12-10-2-7-20-13(10)16-9-15-12/h2,7,9H,1,3-6,8H2,(H2,14,19). The minimum atomic E-state index is -0.263. The molecule has 0 saturated carbocycles.